The number of anilines is 1. The number of hydrogen-bond acceptors (Lipinski definition) is 5. The van der Waals surface area contributed by atoms with Crippen LogP contribution in [0.1, 0.15) is 48.7 Å². The topological polar surface area (TPSA) is 108 Å². The van der Waals surface area contributed by atoms with Crippen LogP contribution in [0.25, 0.3) is 0 Å². The third kappa shape index (κ3) is 6.65. The zero-order chi connectivity index (χ0) is 27.9. The molecule has 0 bridgehead atoms. The number of fused-ring (bicyclic) bond motifs is 1. The number of Topliss-reactive ketones (excluding diaryl/α,β-unsaturated/α-hetero) is 1. The highest BCUT2D eigenvalue weighted by molar-refractivity contribution is 6.21. The minimum atomic E-state index is -1.31. The predicted molar refractivity (Wildman–Crippen MR) is 151 cm³/mol. The van der Waals surface area contributed by atoms with Crippen LogP contribution in [0.4, 0.5) is 5.69 Å². The van der Waals surface area contributed by atoms with Gasteiger partial charge in [-0.25, -0.2) is 4.99 Å². The fourth-order valence-corrected chi connectivity index (χ4v) is 4.37. The van der Waals surface area contributed by atoms with Crippen LogP contribution in [0.15, 0.2) is 89.9 Å². The van der Waals surface area contributed by atoms with E-state index in [1.165, 1.54) is 4.90 Å². The van der Waals surface area contributed by atoms with Crippen molar-refractivity contribution in [3.8, 4) is 0 Å². The van der Waals surface area contributed by atoms with Crippen LogP contribution < -0.4 is 15.5 Å². The van der Waals surface area contributed by atoms with Gasteiger partial charge in [-0.3, -0.25) is 19.2 Å². The first kappa shape index (κ1) is 27.4. The fourth-order valence-electron chi connectivity index (χ4n) is 4.37. The van der Waals surface area contributed by atoms with Gasteiger partial charge in [0.1, 0.15) is 6.04 Å². The van der Waals surface area contributed by atoms with E-state index in [1.54, 1.807) is 43.3 Å². The summed E-state index contributed by atoms with van der Waals surface area (Å²) in [6.45, 7) is 5.15. The first-order chi connectivity index (χ1) is 18.7. The zero-order valence-corrected chi connectivity index (χ0v) is 22.3. The van der Waals surface area contributed by atoms with Crippen LogP contribution in [0, 0.1) is 5.92 Å². The van der Waals surface area contributed by atoms with Gasteiger partial charge < -0.3 is 15.5 Å². The van der Waals surface area contributed by atoms with Gasteiger partial charge in [-0.1, -0.05) is 92.7 Å². The van der Waals surface area contributed by atoms with E-state index < -0.39 is 24.0 Å². The number of ketones is 1. The first-order valence-corrected chi connectivity index (χ1v) is 13.0. The van der Waals surface area contributed by atoms with Crippen molar-refractivity contribution in [3.05, 3.63) is 102 Å². The summed E-state index contributed by atoms with van der Waals surface area (Å²) in [7, 11) is 0. The summed E-state index contributed by atoms with van der Waals surface area (Å²) >= 11 is 0. The fraction of sp³-hybridized carbons (Fsp3) is 0.258. The van der Waals surface area contributed by atoms with E-state index in [1.807, 2.05) is 62.4 Å². The van der Waals surface area contributed by atoms with Crippen molar-refractivity contribution in [3.63, 3.8) is 0 Å². The van der Waals surface area contributed by atoms with Gasteiger partial charge in [0.15, 0.2) is 5.78 Å². The van der Waals surface area contributed by atoms with Gasteiger partial charge in [-0.2, -0.15) is 0 Å². The number of nitrogens with one attached hydrogen (secondary N) is 2. The summed E-state index contributed by atoms with van der Waals surface area (Å²) in [5, 5.41) is 5.38. The van der Waals surface area contributed by atoms with E-state index in [9.17, 15) is 19.2 Å². The molecule has 0 spiro atoms. The molecular formula is C31H32N4O4. The van der Waals surface area contributed by atoms with Crippen LogP contribution in [-0.2, 0) is 14.4 Å². The highest BCUT2D eigenvalue weighted by Crippen LogP contribution is 2.28. The van der Waals surface area contributed by atoms with E-state index in [-0.39, 0.29) is 30.6 Å². The van der Waals surface area contributed by atoms with Gasteiger partial charge in [0.2, 0.25) is 18.0 Å². The van der Waals surface area contributed by atoms with Crippen molar-refractivity contribution >= 4 is 34.9 Å². The summed E-state index contributed by atoms with van der Waals surface area (Å²) in [5.74, 6) is -1.47. The highest BCUT2D eigenvalue weighted by atomic mass is 16.2. The van der Waals surface area contributed by atoms with Crippen LogP contribution in [0.3, 0.4) is 0 Å². The van der Waals surface area contributed by atoms with Crippen LogP contribution in [0.5, 0.6) is 0 Å². The number of benzene rings is 3. The number of benzodiazepines with no additional fused rings is 1. The molecule has 4 rings (SSSR count). The molecule has 1 aliphatic rings. The molecule has 2 N–H and O–H groups in total. The van der Waals surface area contributed by atoms with E-state index in [0.717, 1.165) is 5.56 Å². The molecule has 1 heterocycles. The molecule has 8 heteroatoms. The van der Waals surface area contributed by atoms with Gasteiger partial charge in [0.05, 0.1) is 17.9 Å². The molecule has 0 aliphatic carbocycles. The maximum Gasteiger partial charge on any atom is 0.272 e. The standard InChI is InChI=1S/C31H32N4O4/c1-20(2)18-27(37)32-21(3)30(38)34-29-31(39)35(19-26(36)22-12-6-4-7-13-22)25-17-11-10-16-24(25)28(33-29)23-14-8-5-9-15-23/h4-17,20-21,29H,18-19H2,1-3H3,(H,32,37)(H,34,38)/t21-,29?/m0/s1. The Morgan fingerprint density at radius 3 is 2.15 bits per heavy atom. The number of carbonyl (C=O) groups is 4. The Bertz CT molecular complexity index is 1390. The number of aliphatic imine (C=N–C) groups is 1. The van der Waals surface area contributed by atoms with Gasteiger partial charge in [-0.05, 0) is 18.9 Å². The van der Waals surface area contributed by atoms with Crippen molar-refractivity contribution in [1.82, 2.24) is 10.6 Å². The Kier molecular flexibility index (Phi) is 8.66. The Morgan fingerprint density at radius 1 is 0.872 bits per heavy atom. The number of nitrogens with zero attached hydrogens (tertiary/aromatic N) is 2. The largest absolute Gasteiger partial charge is 0.345 e. The lowest BCUT2D eigenvalue weighted by atomic mass is 10.00. The van der Waals surface area contributed by atoms with Crippen LogP contribution in [-0.4, -0.2) is 48.0 Å². The van der Waals surface area contributed by atoms with Crippen molar-refractivity contribution in [1.29, 1.82) is 0 Å². The molecule has 3 amide bonds. The maximum atomic E-state index is 13.9. The molecule has 3 aromatic rings. The third-order valence-corrected chi connectivity index (χ3v) is 6.30. The summed E-state index contributed by atoms with van der Waals surface area (Å²) < 4.78 is 0. The van der Waals surface area contributed by atoms with E-state index in [2.05, 4.69) is 10.6 Å². The molecule has 8 nitrogen and oxygen atoms in total. The Balaban J connectivity index is 1.71. The molecule has 0 radical (unpaired) electrons. The molecule has 0 fully saturated rings. The first-order valence-electron chi connectivity index (χ1n) is 13.0. The number of para-hydroxylation sites is 1. The molecule has 1 unspecified atom stereocenters. The number of amides is 3. The Labute approximate surface area is 228 Å². The molecule has 1 aliphatic heterocycles. The molecule has 2 atom stereocenters. The van der Waals surface area contributed by atoms with E-state index >= 15 is 0 Å². The van der Waals surface area contributed by atoms with Crippen molar-refractivity contribution in [2.24, 2.45) is 10.9 Å². The maximum absolute atomic E-state index is 13.9. The summed E-state index contributed by atoms with van der Waals surface area (Å²) in [5.41, 5.74) is 2.91. The smallest absolute Gasteiger partial charge is 0.272 e. The van der Waals surface area contributed by atoms with Crippen LogP contribution >= 0.6 is 0 Å². The lowest BCUT2D eigenvalue weighted by molar-refractivity contribution is -0.131. The molecule has 0 saturated carbocycles. The second-order valence-electron chi connectivity index (χ2n) is 9.87. The molecule has 39 heavy (non-hydrogen) atoms. The normalized spacial score (nSPS) is 15.6. The summed E-state index contributed by atoms with van der Waals surface area (Å²) in [6, 6.07) is 24.4. The van der Waals surface area contributed by atoms with Crippen LogP contribution in [0.2, 0.25) is 0 Å². The number of rotatable bonds is 9. The lowest BCUT2D eigenvalue weighted by Crippen LogP contribution is -2.53. The van der Waals surface area contributed by atoms with E-state index in [4.69, 9.17) is 4.99 Å². The third-order valence-electron chi connectivity index (χ3n) is 6.30. The number of hydrogen-bond donors (Lipinski definition) is 2. The average Bonchev–Trinajstić information content (AvgIpc) is 3.04. The molecule has 0 saturated heterocycles. The highest BCUT2D eigenvalue weighted by Gasteiger charge is 2.35. The minimum Gasteiger partial charge on any atom is -0.345 e. The van der Waals surface area contributed by atoms with Gasteiger partial charge in [0, 0.05) is 23.1 Å². The molecule has 200 valence electrons. The Hall–Kier alpha value is -4.59. The zero-order valence-electron chi connectivity index (χ0n) is 22.3. The second-order valence-corrected chi connectivity index (χ2v) is 9.87. The molecular weight excluding hydrogens is 492 g/mol. The molecule has 3 aromatic carbocycles. The quantitative estimate of drug-likeness (QED) is 0.416. The van der Waals surface area contributed by atoms with Crippen molar-refractivity contribution < 1.29 is 19.2 Å². The Morgan fingerprint density at radius 2 is 1.49 bits per heavy atom. The van der Waals surface area contributed by atoms with E-state index in [0.29, 0.717) is 22.5 Å². The SMILES string of the molecule is CC(C)CC(=O)N[C@@H](C)C(=O)NC1N=C(c2ccccc2)c2ccccc2N(CC(=O)c2ccccc2)C1=O. The lowest BCUT2D eigenvalue weighted by Gasteiger charge is -2.25. The van der Waals surface area contributed by atoms with Crippen molar-refractivity contribution in [2.45, 2.75) is 39.4 Å². The minimum absolute atomic E-state index is 0.135. The molecule has 0 aromatic heterocycles. The van der Waals surface area contributed by atoms with Crippen molar-refractivity contribution in [2.75, 3.05) is 11.4 Å². The second kappa shape index (κ2) is 12.3. The van der Waals surface area contributed by atoms with Gasteiger partial charge in [-0.15, -0.1) is 0 Å². The number of carbonyl (C=O) groups excluding carboxylic acids is 4. The monoisotopic (exact) mass is 524 g/mol. The predicted octanol–water partition coefficient (Wildman–Crippen LogP) is 3.75. The summed E-state index contributed by atoms with van der Waals surface area (Å²) in [4.78, 5) is 58.6. The van der Waals surface area contributed by atoms with Gasteiger partial charge >= 0.3 is 0 Å². The summed E-state index contributed by atoms with van der Waals surface area (Å²) in [6.07, 6.45) is -1.03. The van der Waals surface area contributed by atoms with Gasteiger partial charge in [0.25, 0.3) is 5.91 Å². The average molecular weight is 525 g/mol.